The van der Waals surface area contributed by atoms with Crippen LogP contribution >= 0.6 is 0 Å². The third-order valence-electron chi connectivity index (χ3n) is 5.50. The maximum Gasteiger partial charge on any atom is 0.166 e. The fraction of sp³-hybridized carbons (Fsp3) is 0.520. The van der Waals surface area contributed by atoms with Crippen molar-refractivity contribution >= 4 is 11.8 Å². The van der Waals surface area contributed by atoms with Gasteiger partial charge in [0.2, 0.25) is 0 Å². The van der Waals surface area contributed by atoms with Crippen molar-refractivity contribution in [2.45, 2.75) is 69.1 Å². The van der Waals surface area contributed by atoms with Gasteiger partial charge in [-0.3, -0.25) is 0 Å². The molecular formula is C25H35OS+. The van der Waals surface area contributed by atoms with Gasteiger partial charge in [0.25, 0.3) is 0 Å². The summed E-state index contributed by atoms with van der Waals surface area (Å²) in [7, 11) is 0. The average molecular weight is 384 g/mol. The summed E-state index contributed by atoms with van der Waals surface area (Å²) in [6, 6.07) is 22.0. The normalized spacial score (nSPS) is 17.3. The lowest BCUT2D eigenvalue weighted by atomic mass is 10.0. The molecule has 3 rings (SSSR count). The summed E-state index contributed by atoms with van der Waals surface area (Å²) in [5, 5.41) is 0.510. The standard InChI is InChI=1S/C25H34OS/c1(2-10-18-24-19-11-12-20-26-24)3-13-21-27-25(22-14-6-4-7-15-22)23-16-8-5-9-17-23/h4-9,14-17,24-25H,1-3,10-13,18-21H2/p+1. The van der Waals surface area contributed by atoms with Gasteiger partial charge < -0.3 is 4.74 Å². The molecule has 0 N–H and O–H groups in total. The zero-order valence-corrected chi connectivity index (χ0v) is 17.5. The predicted octanol–water partition coefficient (Wildman–Crippen LogP) is 6.50. The maximum atomic E-state index is 5.83. The van der Waals surface area contributed by atoms with Gasteiger partial charge in [0.05, 0.1) is 6.10 Å². The summed E-state index contributed by atoms with van der Waals surface area (Å²) in [5.74, 6) is 1.29. The van der Waals surface area contributed by atoms with Gasteiger partial charge in [-0.05, 0) is 50.3 Å². The van der Waals surface area contributed by atoms with Crippen LogP contribution in [0.3, 0.4) is 0 Å². The number of hydrogen-bond donors (Lipinski definition) is 0. The molecule has 1 nitrogen and oxygen atoms in total. The van der Waals surface area contributed by atoms with Gasteiger partial charge in [-0.25, -0.2) is 0 Å². The Bertz CT molecular complexity index is 567. The Morgan fingerprint density at radius 3 is 2.04 bits per heavy atom. The van der Waals surface area contributed by atoms with Crippen molar-refractivity contribution in [3.8, 4) is 0 Å². The molecule has 0 radical (unpaired) electrons. The molecule has 2 aromatic rings. The molecule has 0 aromatic heterocycles. The van der Waals surface area contributed by atoms with Crippen molar-refractivity contribution in [2.24, 2.45) is 0 Å². The van der Waals surface area contributed by atoms with Crippen LogP contribution in [0.1, 0.15) is 74.2 Å². The lowest BCUT2D eigenvalue weighted by Crippen LogP contribution is -2.18. The van der Waals surface area contributed by atoms with E-state index in [2.05, 4.69) is 60.7 Å². The fourth-order valence-corrected chi connectivity index (χ4v) is 5.37. The topological polar surface area (TPSA) is 9.23 Å². The van der Waals surface area contributed by atoms with E-state index in [0.717, 1.165) is 6.61 Å². The molecule has 1 fully saturated rings. The van der Waals surface area contributed by atoms with Gasteiger partial charge in [0.1, 0.15) is 5.75 Å². The largest absolute Gasteiger partial charge is 0.378 e. The van der Waals surface area contributed by atoms with E-state index in [-0.39, 0.29) is 0 Å². The zero-order chi connectivity index (χ0) is 18.6. The lowest BCUT2D eigenvalue weighted by molar-refractivity contribution is 0.00977. The van der Waals surface area contributed by atoms with E-state index in [1.54, 1.807) is 0 Å². The Morgan fingerprint density at radius 1 is 0.778 bits per heavy atom. The summed E-state index contributed by atoms with van der Waals surface area (Å²) in [6.45, 7) is 0.994. The lowest BCUT2D eigenvalue weighted by Gasteiger charge is -2.22. The molecule has 0 saturated carbocycles. The highest BCUT2D eigenvalue weighted by Gasteiger charge is 2.20. The molecule has 27 heavy (non-hydrogen) atoms. The number of ether oxygens (including phenoxy) is 1. The summed E-state index contributed by atoms with van der Waals surface area (Å²) < 4.78 is 5.83. The van der Waals surface area contributed by atoms with E-state index in [1.165, 1.54) is 86.4 Å². The molecule has 1 aliphatic rings. The van der Waals surface area contributed by atoms with Crippen LogP contribution in [-0.2, 0) is 16.5 Å². The van der Waals surface area contributed by atoms with Crippen molar-refractivity contribution in [2.75, 3.05) is 12.4 Å². The monoisotopic (exact) mass is 383 g/mol. The highest BCUT2D eigenvalue weighted by atomic mass is 32.2. The van der Waals surface area contributed by atoms with Crippen LogP contribution in [0.25, 0.3) is 0 Å². The van der Waals surface area contributed by atoms with E-state index in [0.29, 0.717) is 11.4 Å². The third-order valence-corrected chi connectivity index (χ3v) is 7.04. The van der Waals surface area contributed by atoms with Crippen LogP contribution in [0.5, 0.6) is 0 Å². The summed E-state index contributed by atoms with van der Waals surface area (Å²) >= 11 is 1.53. The number of rotatable bonds is 11. The Hall–Kier alpha value is -1.25. The first kappa shape index (κ1) is 20.5. The number of thiol groups is 1. The highest BCUT2D eigenvalue weighted by Crippen LogP contribution is 2.27. The van der Waals surface area contributed by atoms with Gasteiger partial charge in [0.15, 0.2) is 5.25 Å². The number of benzene rings is 2. The SMILES string of the molecule is c1ccc(C([SH+]CCCCCCCC2CCCCO2)c2ccccc2)cc1. The molecule has 1 saturated heterocycles. The molecular weight excluding hydrogens is 348 g/mol. The predicted molar refractivity (Wildman–Crippen MR) is 120 cm³/mol. The van der Waals surface area contributed by atoms with Crippen molar-refractivity contribution in [3.63, 3.8) is 0 Å². The van der Waals surface area contributed by atoms with Crippen molar-refractivity contribution in [1.29, 1.82) is 0 Å². The smallest absolute Gasteiger partial charge is 0.166 e. The van der Waals surface area contributed by atoms with E-state index >= 15 is 0 Å². The van der Waals surface area contributed by atoms with Gasteiger partial charge >= 0.3 is 0 Å². The fourth-order valence-electron chi connectivity index (χ4n) is 3.94. The zero-order valence-electron chi connectivity index (χ0n) is 16.6. The molecule has 146 valence electrons. The number of hydrogen-bond acceptors (Lipinski definition) is 1. The first-order valence-corrected chi connectivity index (χ1v) is 12.0. The minimum absolute atomic E-state index is 0.510. The van der Waals surface area contributed by atoms with Crippen LogP contribution < -0.4 is 0 Å². The van der Waals surface area contributed by atoms with Crippen LogP contribution in [0.2, 0.25) is 0 Å². The summed E-state index contributed by atoms with van der Waals surface area (Å²) in [5.41, 5.74) is 2.88. The molecule has 2 aromatic carbocycles. The number of unbranched alkanes of at least 4 members (excludes halogenated alkanes) is 4. The molecule has 1 heterocycles. The van der Waals surface area contributed by atoms with E-state index in [9.17, 15) is 0 Å². The minimum atomic E-state index is 0.510. The molecule has 0 aliphatic carbocycles. The summed E-state index contributed by atoms with van der Waals surface area (Å²) in [6.07, 6.45) is 12.6. The Balaban J connectivity index is 1.33. The first-order valence-electron chi connectivity index (χ1n) is 10.8. The summed E-state index contributed by atoms with van der Waals surface area (Å²) in [4.78, 5) is 0. The third kappa shape index (κ3) is 7.35. The maximum absolute atomic E-state index is 5.83. The van der Waals surface area contributed by atoms with Gasteiger partial charge in [-0.1, -0.05) is 79.9 Å². The van der Waals surface area contributed by atoms with Crippen LogP contribution in [0, 0.1) is 0 Å². The second-order valence-corrected chi connectivity index (χ2v) is 9.00. The highest BCUT2D eigenvalue weighted by molar-refractivity contribution is 7.79. The second kappa shape index (κ2) is 12.3. The van der Waals surface area contributed by atoms with E-state index in [4.69, 9.17) is 4.74 Å². The molecule has 0 amide bonds. The molecule has 1 atom stereocenters. The first-order chi connectivity index (χ1) is 13.4. The van der Waals surface area contributed by atoms with Crippen molar-refractivity contribution in [3.05, 3.63) is 71.8 Å². The average Bonchev–Trinajstić information content (AvgIpc) is 2.75. The van der Waals surface area contributed by atoms with Gasteiger partial charge in [-0.15, -0.1) is 0 Å². The second-order valence-electron chi connectivity index (χ2n) is 7.68. The molecule has 1 aliphatic heterocycles. The molecule has 0 spiro atoms. The molecule has 0 bridgehead atoms. The van der Waals surface area contributed by atoms with Gasteiger partial charge in [0, 0.05) is 17.7 Å². The quantitative estimate of drug-likeness (QED) is 0.244. The molecule has 2 heteroatoms. The van der Waals surface area contributed by atoms with Crippen LogP contribution in [0.4, 0.5) is 0 Å². The van der Waals surface area contributed by atoms with Gasteiger partial charge in [-0.2, -0.15) is 0 Å². The Morgan fingerprint density at radius 2 is 1.41 bits per heavy atom. The Labute approximate surface area is 169 Å². The van der Waals surface area contributed by atoms with Crippen molar-refractivity contribution < 1.29 is 4.74 Å². The van der Waals surface area contributed by atoms with Crippen LogP contribution in [-0.4, -0.2) is 18.5 Å². The van der Waals surface area contributed by atoms with Crippen molar-refractivity contribution in [1.82, 2.24) is 0 Å². The molecule has 1 unspecified atom stereocenters. The van der Waals surface area contributed by atoms with Crippen LogP contribution in [0.15, 0.2) is 60.7 Å². The van der Waals surface area contributed by atoms with E-state index in [1.807, 2.05) is 0 Å². The minimum Gasteiger partial charge on any atom is -0.378 e. The Kier molecular flexibility index (Phi) is 9.30. The van der Waals surface area contributed by atoms with E-state index < -0.39 is 0 Å².